The largest absolute Gasteiger partial charge is 0.493 e. The predicted molar refractivity (Wildman–Crippen MR) is 133 cm³/mol. The Morgan fingerprint density at radius 2 is 1.62 bits per heavy atom. The Morgan fingerprint density at radius 1 is 0.941 bits per heavy atom. The van der Waals surface area contributed by atoms with E-state index in [4.69, 9.17) is 21.1 Å². The van der Waals surface area contributed by atoms with Crippen LogP contribution in [-0.2, 0) is 21.4 Å². The highest BCUT2D eigenvalue weighted by Crippen LogP contribution is 2.29. The SMILES string of the molecule is COc1ccc(CN(C)C(=O)CN(c2ccc(C)c(Cl)c2)S(=O)(=O)c2ccccc2)cc1OC. The Bertz CT molecular complexity index is 1270. The minimum absolute atomic E-state index is 0.0852. The molecule has 0 radical (unpaired) electrons. The predicted octanol–water partition coefficient (Wildman–Crippen LogP) is 4.52. The zero-order valence-electron chi connectivity index (χ0n) is 19.5. The van der Waals surface area contributed by atoms with Crippen LogP contribution in [0.25, 0.3) is 0 Å². The van der Waals surface area contributed by atoms with Crippen LogP contribution in [-0.4, -0.2) is 47.0 Å². The summed E-state index contributed by atoms with van der Waals surface area (Å²) in [7, 11) is 0.690. The van der Waals surface area contributed by atoms with Crippen molar-refractivity contribution in [3.63, 3.8) is 0 Å². The van der Waals surface area contributed by atoms with Crippen LogP contribution in [0.3, 0.4) is 0 Å². The highest BCUT2D eigenvalue weighted by atomic mass is 35.5. The topological polar surface area (TPSA) is 76.2 Å². The summed E-state index contributed by atoms with van der Waals surface area (Å²) in [5.41, 5.74) is 1.93. The van der Waals surface area contributed by atoms with Crippen molar-refractivity contribution in [1.82, 2.24) is 4.90 Å². The van der Waals surface area contributed by atoms with Gasteiger partial charge in [-0.1, -0.05) is 41.9 Å². The number of rotatable bonds is 9. The number of halogens is 1. The maximum Gasteiger partial charge on any atom is 0.264 e. The number of hydrogen-bond donors (Lipinski definition) is 0. The molecule has 0 aliphatic carbocycles. The Balaban J connectivity index is 1.90. The van der Waals surface area contributed by atoms with E-state index in [-0.39, 0.29) is 23.9 Å². The number of likely N-dealkylation sites (N-methyl/N-ethyl adjacent to an activating group) is 1. The van der Waals surface area contributed by atoms with E-state index < -0.39 is 10.0 Å². The zero-order valence-corrected chi connectivity index (χ0v) is 21.1. The first-order valence-corrected chi connectivity index (χ1v) is 12.3. The molecule has 0 atom stereocenters. The summed E-state index contributed by atoms with van der Waals surface area (Å²) in [5.74, 6) is 0.742. The molecule has 9 heteroatoms. The highest BCUT2D eigenvalue weighted by molar-refractivity contribution is 7.92. The standard InChI is InChI=1S/C25H27ClN2O5S/c1-18-10-12-20(15-22(18)26)28(34(30,31)21-8-6-5-7-9-21)17-25(29)27(2)16-19-11-13-23(32-3)24(14-19)33-4/h5-15H,16-17H2,1-4H3. The van der Waals surface area contributed by atoms with Gasteiger partial charge in [0.1, 0.15) is 6.54 Å². The van der Waals surface area contributed by atoms with Crippen LogP contribution in [0.2, 0.25) is 5.02 Å². The van der Waals surface area contributed by atoms with Gasteiger partial charge in [0.25, 0.3) is 10.0 Å². The molecule has 3 aromatic carbocycles. The minimum Gasteiger partial charge on any atom is -0.493 e. The smallest absolute Gasteiger partial charge is 0.264 e. The first-order chi connectivity index (χ1) is 16.2. The van der Waals surface area contributed by atoms with Gasteiger partial charge in [-0.15, -0.1) is 0 Å². The summed E-state index contributed by atoms with van der Waals surface area (Å²) in [4.78, 5) is 14.7. The molecule has 1 amide bonds. The molecule has 0 N–H and O–H groups in total. The molecular weight excluding hydrogens is 476 g/mol. The van der Waals surface area contributed by atoms with Crippen molar-refractivity contribution in [1.29, 1.82) is 0 Å². The van der Waals surface area contributed by atoms with Crippen LogP contribution in [0.5, 0.6) is 11.5 Å². The minimum atomic E-state index is -4.01. The maximum atomic E-state index is 13.5. The van der Waals surface area contributed by atoms with Crippen LogP contribution in [0, 0.1) is 6.92 Å². The molecule has 0 heterocycles. The number of methoxy groups -OCH3 is 2. The molecule has 0 fully saturated rings. The molecule has 0 spiro atoms. The van der Waals surface area contributed by atoms with Gasteiger partial charge in [-0.25, -0.2) is 8.42 Å². The lowest BCUT2D eigenvalue weighted by molar-refractivity contribution is -0.128. The van der Waals surface area contributed by atoms with E-state index in [1.54, 1.807) is 62.7 Å². The van der Waals surface area contributed by atoms with Crippen LogP contribution >= 0.6 is 11.6 Å². The molecule has 3 rings (SSSR count). The maximum absolute atomic E-state index is 13.5. The summed E-state index contributed by atoms with van der Waals surface area (Å²) < 4.78 is 38.6. The van der Waals surface area contributed by atoms with E-state index in [9.17, 15) is 13.2 Å². The first kappa shape index (κ1) is 25.4. The van der Waals surface area contributed by atoms with Gasteiger partial charge in [0, 0.05) is 18.6 Å². The highest BCUT2D eigenvalue weighted by Gasteiger charge is 2.28. The Morgan fingerprint density at radius 3 is 2.24 bits per heavy atom. The fraction of sp³-hybridized carbons (Fsp3) is 0.240. The number of anilines is 1. The molecule has 0 aliphatic rings. The number of aryl methyl sites for hydroxylation is 1. The summed E-state index contributed by atoms with van der Waals surface area (Å²) in [6, 6.07) is 18.3. The van der Waals surface area contributed by atoms with Crippen LogP contribution in [0.4, 0.5) is 5.69 Å². The fourth-order valence-corrected chi connectivity index (χ4v) is 4.96. The molecule has 0 unspecified atom stereocenters. The van der Waals surface area contributed by atoms with Gasteiger partial charge >= 0.3 is 0 Å². The second-order valence-corrected chi connectivity index (χ2v) is 9.97. The van der Waals surface area contributed by atoms with E-state index in [0.29, 0.717) is 22.2 Å². The van der Waals surface area contributed by atoms with E-state index in [1.165, 1.54) is 24.1 Å². The number of sulfonamides is 1. The Kier molecular flexibility index (Phi) is 8.06. The summed E-state index contributed by atoms with van der Waals surface area (Å²) in [6.07, 6.45) is 0. The van der Waals surface area contributed by atoms with Crippen molar-refractivity contribution in [2.75, 3.05) is 32.1 Å². The molecule has 0 saturated carbocycles. The van der Waals surface area contributed by atoms with Crippen LogP contribution in [0.1, 0.15) is 11.1 Å². The van der Waals surface area contributed by atoms with Crippen LogP contribution in [0.15, 0.2) is 71.6 Å². The van der Waals surface area contributed by atoms with Gasteiger partial charge in [0.05, 0.1) is 24.8 Å². The number of amides is 1. The van der Waals surface area contributed by atoms with Gasteiger partial charge in [-0.05, 0) is 54.4 Å². The molecule has 0 bridgehead atoms. The summed E-state index contributed by atoms with van der Waals surface area (Å²) in [6.45, 7) is 1.69. The molecule has 3 aromatic rings. The number of hydrogen-bond acceptors (Lipinski definition) is 5. The number of nitrogens with zero attached hydrogens (tertiary/aromatic N) is 2. The van der Waals surface area contributed by atoms with E-state index in [1.807, 2.05) is 13.0 Å². The quantitative estimate of drug-likeness (QED) is 0.430. The lowest BCUT2D eigenvalue weighted by Crippen LogP contribution is -2.41. The van der Waals surface area contributed by atoms with Crippen molar-refractivity contribution in [2.45, 2.75) is 18.4 Å². The van der Waals surface area contributed by atoms with E-state index >= 15 is 0 Å². The summed E-state index contributed by atoms with van der Waals surface area (Å²) in [5, 5.41) is 0.414. The number of carbonyl (C=O) groups is 1. The summed E-state index contributed by atoms with van der Waals surface area (Å²) >= 11 is 6.27. The third kappa shape index (κ3) is 5.63. The molecule has 0 aromatic heterocycles. The number of carbonyl (C=O) groups excluding carboxylic acids is 1. The molecule has 180 valence electrons. The van der Waals surface area contributed by atoms with Gasteiger partial charge in [-0.2, -0.15) is 0 Å². The Labute approximate surface area is 205 Å². The van der Waals surface area contributed by atoms with Gasteiger partial charge in [0.15, 0.2) is 11.5 Å². The van der Waals surface area contributed by atoms with Gasteiger partial charge in [0.2, 0.25) is 5.91 Å². The molecule has 0 aliphatic heterocycles. The normalized spacial score (nSPS) is 11.1. The van der Waals surface area contributed by atoms with Crippen molar-refractivity contribution in [3.8, 4) is 11.5 Å². The first-order valence-electron chi connectivity index (χ1n) is 10.5. The molecule has 0 saturated heterocycles. The van der Waals surface area contributed by atoms with E-state index in [2.05, 4.69) is 0 Å². The zero-order chi connectivity index (χ0) is 24.9. The second-order valence-electron chi connectivity index (χ2n) is 7.70. The lowest BCUT2D eigenvalue weighted by atomic mass is 10.2. The third-order valence-corrected chi connectivity index (χ3v) is 7.54. The average Bonchev–Trinajstić information content (AvgIpc) is 2.84. The number of benzene rings is 3. The fourth-order valence-electron chi connectivity index (χ4n) is 3.36. The third-order valence-electron chi connectivity index (χ3n) is 5.35. The van der Waals surface area contributed by atoms with Crippen molar-refractivity contribution in [2.24, 2.45) is 0 Å². The van der Waals surface area contributed by atoms with Crippen LogP contribution < -0.4 is 13.8 Å². The van der Waals surface area contributed by atoms with Crippen molar-refractivity contribution < 1.29 is 22.7 Å². The van der Waals surface area contributed by atoms with Crippen molar-refractivity contribution >= 4 is 33.2 Å². The second kappa shape index (κ2) is 10.8. The van der Waals surface area contributed by atoms with Gasteiger partial charge in [-0.3, -0.25) is 9.10 Å². The Hall–Kier alpha value is -3.23. The van der Waals surface area contributed by atoms with E-state index in [0.717, 1.165) is 15.4 Å². The monoisotopic (exact) mass is 502 g/mol. The molecule has 7 nitrogen and oxygen atoms in total. The average molecular weight is 503 g/mol. The lowest BCUT2D eigenvalue weighted by Gasteiger charge is -2.27. The van der Waals surface area contributed by atoms with Crippen molar-refractivity contribution in [3.05, 3.63) is 82.9 Å². The molecular formula is C25H27ClN2O5S. The molecule has 34 heavy (non-hydrogen) atoms. The van der Waals surface area contributed by atoms with Gasteiger partial charge < -0.3 is 14.4 Å². The number of ether oxygens (including phenoxy) is 2.